The zero-order chi connectivity index (χ0) is 8.72. The molecule has 0 saturated heterocycles. The first kappa shape index (κ1) is 7.82. The second-order valence-corrected chi connectivity index (χ2v) is 3.72. The van der Waals surface area contributed by atoms with E-state index >= 15 is 0 Å². The molecule has 2 aromatic rings. The van der Waals surface area contributed by atoms with E-state index in [0.29, 0.717) is 0 Å². The SMILES string of the molecule is Cc1ccc2ccn(P)c2c1C. The highest BCUT2D eigenvalue weighted by Gasteiger charge is 2.02. The Hall–Kier alpha value is -0.810. The minimum absolute atomic E-state index is 1.31. The van der Waals surface area contributed by atoms with Crippen LogP contribution in [0.3, 0.4) is 0 Å². The number of nitrogens with zero attached hydrogens (tertiary/aromatic N) is 1. The Morgan fingerprint density at radius 3 is 2.67 bits per heavy atom. The van der Waals surface area contributed by atoms with Crippen molar-refractivity contribution in [3.63, 3.8) is 0 Å². The summed E-state index contributed by atoms with van der Waals surface area (Å²) in [7, 11) is 2.70. The molecule has 12 heavy (non-hydrogen) atoms. The van der Waals surface area contributed by atoms with Gasteiger partial charge >= 0.3 is 0 Å². The van der Waals surface area contributed by atoms with Gasteiger partial charge < -0.3 is 4.34 Å². The highest BCUT2D eigenvalue weighted by molar-refractivity contribution is 7.14. The van der Waals surface area contributed by atoms with Gasteiger partial charge in [0.05, 0.1) is 5.52 Å². The predicted molar refractivity (Wildman–Crippen MR) is 56.5 cm³/mol. The summed E-state index contributed by atoms with van der Waals surface area (Å²) >= 11 is 0. The zero-order valence-electron chi connectivity index (χ0n) is 7.33. The fourth-order valence-electron chi connectivity index (χ4n) is 1.53. The largest absolute Gasteiger partial charge is 0.332 e. The number of aromatic nitrogens is 1. The number of hydrogen-bond acceptors (Lipinski definition) is 0. The third-order valence-corrected chi connectivity index (χ3v) is 2.84. The smallest absolute Gasteiger partial charge is 0.0541 e. The van der Waals surface area contributed by atoms with E-state index in [0.717, 1.165) is 0 Å². The van der Waals surface area contributed by atoms with Crippen molar-refractivity contribution in [1.82, 2.24) is 4.34 Å². The van der Waals surface area contributed by atoms with Crippen molar-refractivity contribution in [2.45, 2.75) is 13.8 Å². The molecule has 0 fully saturated rings. The van der Waals surface area contributed by atoms with Gasteiger partial charge in [-0.1, -0.05) is 12.1 Å². The summed E-state index contributed by atoms with van der Waals surface area (Å²) in [5.41, 5.74) is 4.04. The van der Waals surface area contributed by atoms with Crippen LogP contribution < -0.4 is 0 Å². The second-order valence-electron chi connectivity index (χ2n) is 3.17. The number of benzene rings is 1. The van der Waals surface area contributed by atoms with Crippen LogP contribution in [0.4, 0.5) is 0 Å². The van der Waals surface area contributed by atoms with Crippen LogP contribution in [0.15, 0.2) is 24.4 Å². The Balaban J connectivity index is 2.96. The molecule has 0 spiro atoms. The van der Waals surface area contributed by atoms with E-state index in [4.69, 9.17) is 0 Å². The lowest BCUT2D eigenvalue weighted by atomic mass is 10.1. The molecule has 0 saturated carbocycles. The van der Waals surface area contributed by atoms with Crippen LogP contribution in [0.25, 0.3) is 10.9 Å². The first-order valence-corrected chi connectivity index (χ1v) is 4.54. The predicted octanol–water partition coefficient (Wildman–Crippen LogP) is 2.90. The summed E-state index contributed by atoms with van der Waals surface area (Å²) < 4.78 is 2.09. The molecule has 0 radical (unpaired) electrons. The Labute approximate surface area is 74.6 Å². The van der Waals surface area contributed by atoms with Gasteiger partial charge in [0, 0.05) is 11.6 Å². The van der Waals surface area contributed by atoms with Crippen LogP contribution in [0.2, 0.25) is 0 Å². The topological polar surface area (TPSA) is 4.93 Å². The Morgan fingerprint density at radius 1 is 1.17 bits per heavy atom. The van der Waals surface area contributed by atoms with Crippen molar-refractivity contribution in [2.75, 3.05) is 0 Å². The fourth-order valence-corrected chi connectivity index (χ4v) is 1.96. The molecular weight excluding hydrogens is 165 g/mol. The summed E-state index contributed by atoms with van der Waals surface area (Å²) in [5.74, 6) is 0. The second kappa shape index (κ2) is 2.60. The molecule has 0 bridgehead atoms. The van der Waals surface area contributed by atoms with Gasteiger partial charge in [0.15, 0.2) is 0 Å². The van der Waals surface area contributed by atoms with Crippen LogP contribution in [0.5, 0.6) is 0 Å². The number of hydrogen-bond donors (Lipinski definition) is 0. The quantitative estimate of drug-likeness (QED) is 0.545. The van der Waals surface area contributed by atoms with Crippen molar-refractivity contribution in [3.8, 4) is 0 Å². The first-order valence-electron chi connectivity index (χ1n) is 4.02. The van der Waals surface area contributed by atoms with Gasteiger partial charge in [0.1, 0.15) is 0 Å². The van der Waals surface area contributed by atoms with E-state index in [1.807, 2.05) is 0 Å². The van der Waals surface area contributed by atoms with E-state index in [-0.39, 0.29) is 0 Å². The molecule has 62 valence electrons. The van der Waals surface area contributed by atoms with E-state index in [1.54, 1.807) is 0 Å². The Kier molecular flexibility index (Phi) is 1.69. The van der Waals surface area contributed by atoms with Gasteiger partial charge in [0.25, 0.3) is 0 Å². The third kappa shape index (κ3) is 0.971. The van der Waals surface area contributed by atoms with E-state index in [9.17, 15) is 0 Å². The minimum atomic E-state index is 1.31. The molecule has 0 aliphatic carbocycles. The molecule has 1 aromatic carbocycles. The summed E-state index contributed by atoms with van der Waals surface area (Å²) in [6.07, 6.45) is 2.07. The van der Waals surface area contributed by atoms with Gasteiger partial charge in [-0.3, -0.25) is 0 Å². The normalized spacial score (nSPS) is 10.9. The Bertz CT molecular complexity index is 429. The van der Waals surface area contributed by atoms with Crippen LogP contribution in [-0.2, 0) is 0 Å². The molecular formula is C10H12NP. The number of aryl methyl sites for hydroxylation is 2. The lowest BCUT2D eigenvalue weighted by molar-refractivity contribution is 1.29. The first-order chi connectivity index (χ1) is 5.70. The standard InChI is InChI=1S/C10H12NP/c1-7-3-4-9-5-6-11(12)10(9)8(7)2/h3-6H,12H2,1-2H3. The summed E-state index contributed by atoms with van der Waals surface area (Å²) in [4.78, 5) is 0. The van der Waals surface area contributed by atoms with Gasteiger partial charge in [-0.15, -0.1) is 0 Å². The molecule has 1 heterocycles. The third-order valence-electron chi connectivity index (χ3n) is 2.41. The minimum Gasteiger partial charge on any atom is -0.332 e. The van der Waals surface area contributed by atoms with E-state index < -0.39 is 0 Å². The van der Waals surface area contributed by atoms with Gasteiger partial charge in [0.2, 0.25) is 0 Å². The van der Waals surface area contributed by atoms with Crippen LogP contribution >= 0.6 is 9.39 Å². The highest BCUT2D eigenvalue weighted by Crippen LogP contribution is 2.23. The summed E-state index contributed by atoms with van der Waals surface area (Å²) in [5, 5.41) is 1.31. The lowest BCUT2D eigenvalue weighted by Crippen LogP contribution is -1.84. The summed E-state index contributed by atoms with van der Waals surface area (Å²) in [6.45, 7) is 4.31. The fraction of sp³-hybridized carbons (Fsp3) is 0.200. The van der Waals surface area contributed by atoms with E-state index in [1.165, 1.54) is 22.0 Å². The average Bonchev–Trinajstić information content (AvgIpc) is 2.41. The molecule has 2 heteroatoms. The molecule has 1 aromatic heterocycles. The molecule has 0 aliphatic rings. The number of fused-ring (bicyclic) bond motifs is 1. The molecule has 0 aliphatic heterocycles. The molecule has 2 rings (SSSR count). The van der Waals surface area contributed by atoms with Crippen LogP contribution in [0, 0.1) is 13.8 Å². The molecule has 0 amide bonds. The van der Waals surface area contributed by atoms with Crippen LogP contribution in [0.1, 0.15) is 11.1 Å². The van der Waals surface area contributed by atoms with Gasteiger partial charge in [-0.2, -0.15) is 0 Å². The van der Waals surface area contributed by atoms with Gasteiger partial charge in [-0.25, -0.2) is 0 Å². The maximum Gasteiger partial charge on any atom is 0.0541 e. The van der Waals surface area contributed by atoms with Crippen molar-refractivity contribution < 1.29 is 0 Å². The maximum atomic E-state index is 2.70. The maximum absolute atomic E-state index is 2.70. The van der Waals surface area contributed by atoms with Crippen molar-refractivity contribution in [1.29, 1.82) is 0 Å². The highest BCUT2D eigenvalue weighted by atomic mass is 31.0. The van der Waals surface area contributed by atoms with Gasteiger partial charge in [-0.05, 0) is 40.4 Å². The van der Waals surface area contributed by atoms with Crippen molar-refractivity contribution in [3.05, 3.63) is 35.5 Å². The molecule has 1 nitrogen and oxygen atoms in total. The van der Waals surface area contributed by atoms with Crippen LogP contribution in [-0.4, -0.2) is 4.34 Å². The summed E-state index contributed by atoms with van der Waals surface area (Å²) in [6, 6.07) is 6.47. The number of rotatable bonds is 0. The van der Waals surface area contributed by atoms with Crippen molar-refractivity contribution >= 4 is 20.3 Å². The lowest BCUT2D eigenvalue weighted by Gasteiger charge is -2.03. The molecule has 1 unspecified atom stereocenters. The zero-order valence-corrected chi connectivity index (χ0v) is 8.49. The monoisotopic (exact) mass is 177 g/mol. The van der Waals surface area contributed by atoms with Crippen molar-refractivity contribution in [2.24, 2.45) is 0 Å². The average molecular weight is 177 g/mol. The molecule has 1 atom stereocenters. The van der Waals surface area contributed by atoms with E-state index in [2.05, 4.69) is 52.0 Å². The Morgan fingerprint density at radius 2 is 1.92 bits per heavy atom. The molecule has 0 N–H and O–H groups in total.